The van der Waals surface area contributed by atoms with E-state index in [1.807, 2.05) is 6.07 Å². The van der Waals surface area contributed by atoms with Crippen LogP contribution in [-0.2, 0) is 10.3 Å². The van der Waals surface area contributed by atoms with Crippen molar-refractivity contribution in [2.45, 2.75) is 12.5 Å². The summed E-state index contributed by atoms with van der Waals surface area (Å²) in [5.74, 6) is -0.221. The number of pyridine rings is 1. The van der Waals surface area contributed by atoms with Crippen molar-refractivity contribution in [2.24, 2.45) is 10.7 Å². The van der Waals surface area contributed by atoms with Crippen LogP contribution in [0.5, 0.6) is 0 Å². The minimum absolute atomic E-state index is 0.172. The van der Waals surface area contributed by atoms with E-state index in [9.17, 15) is 9.59 Å². The molecule has 0 spiro atoms. The topological polar surface area (TPSA) is 124 Å². The molecule has 3 rings (SSSR count). The van der Waals surface area contributed by atoms with Crippen LogP contribution in [0.2, 0.25) is 0 Å². The van der Waals surface area contributed by atoms with Gasteiger partial charge in [0, 0.05) is 18.9 Å². The molecule has 0 bridgehead atoms. The molecule has 0 saturated heterocycles. The number of rotatable bonds is 3. The smallest absolute Gasteiger partial charge is 0.274 e. The van der Waals surface area contributed by atoms with Crippen LogP contribution in [0.25, 0.3) is 0 Å². The second-order valence-electron chi connectivity index (χ2n) is 6.42. The number of likely N-dealkylation sites (N-methyl/N-ethyl adjacent to an activating group) is 1. The summed E-state index contributed by atoms with van der Waals surface area (Å²) in [6.07, 6.45) is 1.33. The minimum Gasteiger partial charge on any atom is -0.386 e. The number of amides is 2. The van der Waals surface area contributed by atoms with Crippen molar-refractivity contribution < 1.29 is 9.59 Å². The number of benzene rings is 1. The lowest BCUT2D eigenvalue weighted by molar-refractivity contribution is -0.135. The molecular formula is C19H18N6O2. The van der Waals surface area contributed by atoms with E-state index >= 15 is 0 Å². The summed E-state index contributed by atoms with van der Waals surface area (Å²) in [6.45, 7) is 1.98. The first-order chi connectivity index (χ1) is 12.8. The second kappa shape index (κ2) is 6.88. The molecule has 1 aromatic carbocycles. The maximum atomic E-state index is 12.6. The molecule has 1 unspecified atom stereocenters. The van der Waals surface area contributed by atoms with Crippen molar-refractivity contribution in [3.63, 3.8) is 0 Å². The molecule has 3 N–H and O–H groups in total. The zero-order valence-electron chi connectivity index (χ0n) is 14.9. The summed E-state index contributed by atoms with van der Waals surface area (Å²) >= 11 is 0. The van der Waals surface area contributed by atoms with E-state index in [2.05, 4.69) is 15.3 Å². The van der Waals surface area contributed by atoms with Crippen molar-refractivity contribution >= 4 is 23.3 Å². The molecule has 0 saturated carbocycles. The Morgan fingerprint density at radius 3 is 2.81 bits per heavy atom. The number of hydrogen-bond acceptors (Lipinski definition) is 6. The quantitative estimate of drug-likeness (QED) is 0.850. The zero-order valence-corrected chi connectivity index (χ0v) is 14.9. The van der Waals surface area contributed by atoms with Gasteiger partial charge in [-0.05, 0) is 36.8 Å². The van der Waals surface area contributed by atoms with Gasteiger partial charge in [-0.2, -0.15) is 5.26 Å². The van der Waals surface area contributed by atoms with Crippen molar-refractivity contribution in [1.82, 2.24) is 9.88 Å². The summed E-state index contributed by atoms with van der Waals surface area (Å²) in [4.78, 5) is 34.9. The summed E-state index contributed by atoms with van der Waals surface area (Å²) in [5.41, 5.74) is 6.40. The van der Waals surface area contributed by atoms with E-state index in [1.54, 1.807) is 38.2 Å². The lowest BCUT2D eigenvalue weighted by Gasteiger charge is -2.34. The zero-order chi connectivity index (χ0) is 19.6. The Labute approximate surface area is 156 Å². The number of nitriles is 1. The van der Waals surface area contributed by atoms with E-state index < -0.39 is 11.4 Å². The molecule has 2 amide bonds. The van der Waals surface area contributed by atoms with Gasteiger partial charge in [-0.1, -0.05) is 12.1 Å². The fourth-order valence-corrected chi connectivity index (χ4v) is 2.93. The van der Waals surface area contributed by atoms with Gasteiger partial charge < -0.3 is 16.0 Å². The molecule has 2 aromatic rings. The number of nitrogens with zero attached hydrogens (tertiary/aromatic N) is 4. The SMILES string of the molecule is CN1CC(N)=NC(C)(c2cccc(NC(=O)c3ccc(C#N)cn3)c2)C1=O. The maximum Gasteiger partial charge on any atom is 0.274 e. The molecule has 2 heterocycles. The number of aliphatic imine (C=N–C) groups is 1. The third kappa shape index (κ3) is 3.48. The number of carbonyl (C=O) groups is 2. The van der Waals surface area contributed by atoms with Gasteiger partial charge in [0.2, 0.25) is 0 Å². The number of anilines is 1. The number of amidine groups is 1. The Kier molecular flexibility index (Phi) is 4.60. The van der Waals surface area contributed by atoms with Crippen molar-refractivity contribution in [2.75, 3.05) is 18.9 Å². The third-order valence-electron chi connectivity index (χ3n) is 4.34. The Balaban J connectivity index is 1.87. The largest absolute Gasteiger partial charge is 0.386 e. The molecule has 27 heavy (non-hydrogen) atoms. The lowest BCUT2D eigenvalue weighted by atomic mass is 9.89. The van der Waals surface area contributed by atoms with Gasteiger partial charge in [0.15, 0.2) is 5.54 Å². The van der Waals surface area contributed by atoms with Crippen molar-refractivity contribution in [3.8, 4) is 6.07 Å². The van der Waals surface area contributed by atoms with Gasteiger partial charge in [0.1, 0.15) is 17.6 Å². The standard InChI is InChI=1S/C19H18N6O2/c1-19(18(27)25(2)11-16(21)24-19)13-4-3-5-14(8-13)23-17(26)15-7-6-12(9-20)10-22-15/h3-8,10H,11H2,1-2H3,(H2,21,24)(H,23,26). The molecule has 1 aliphatic heterocycles. The highest BCUT2D eigenvalue weighted by molar-refractivity contribution is 6.03. The Morgan fingerprint density at radius 1 is 1.37 bits per heavy atom. The van der Waals surface area contributed by atoms with Gasteiger partial charge in [0.25, 0.3) is 11.8 Å². The molecule has 1 atom stereocenters. The number of hydrogen-bond donors (Lipinski definition) is 2. The van der Waals surface area contributed by atoms with E-state index in [4.69, 9.17) is 11.0 Å². The predicted octanol–water partition coefficient (Wildman–Crippen LogP) is 1.25. The molecule has 1 aromatic heterocycles. The van der Waals surface area contributed by atoms with Crippen molar-refractivity contribution in [3.05, 3.63) is 59.4 Å². The molecule has 136 valence electrons. The maximum absolute atomic E-state index is 12.6. The summed E-state index contributed by atoms with van der Waals surface area (Å²) < 4.78 is 0. The Hall–Kier alpha value is -3.73. The molecule has 0 aliphatic carbocycles. The van der Waals surface area contributed by atoms with Crippen LogP contribution in [0.4, 0.5) is 5.69 Å². The number of carbonyl (C=O) groups excluding carboxylic acids is 2. The highest BCUT2D eigenvalue weighted by atomic mass is 16.2. The molecule has 0 fully saturated rings. The highest BCUT2D eigenvalue weighted by Gasteiger charge is 2.40. The Morgan fingerprint density at radius 2 is 2.15 bits per heavy atom. The first-order valence-corrected chi connectivity index (χ1v) is 8.21. The summed E-state index contributed by atoms with van der Waals surface area (Å²) in [5, 5.41) is 11.5. The normalized spacial score (nSPS) is 19.2. The van der Waals surface area contributed by atoms with E-state index in [1.165, 1.54) is 23.2 Å². The van der Waals surface area contributed by atoms with E-state index in [0.29, 0.717) is 22.6 Å². The minimum atomic E-state index is -1.15. The fourth-order valence-electron chi connectivity index (χ4n) is 2.93. The monoisotopic (exact) mass is 362 g/mol. The van der Waals surface area contributed by atoms with Crippen LogP contribution in [0.1, 0.15) is 28.5 Å². The van der Waals surface area contributed by atoms with E-state index in [0.717, 1.165) is 0 Å². The van der Waals surface area contributed by atoms with E-state index in [-0.39, 0.29) is 18.1 Å². The first-order valence-electron chi connectivity index (χ1n) is 8.21. The first kappa shape index (κ1) is 18.1. The molecular weight excluding hydrogens is 344 g/mol. The van der Waals surface area contributed by atoms with Crippen LogP contribution in [0.3, 0.4) is 0 Å². The fraction of sp³-hybridized carbons (Fsp3) is 0.211. The van der Waals surface area contributed by atoms with Gasteiger partial charge in [-0.3, -0.25) is 9.59 Å². The summed E-state index contributed by atoms with van der Waals surface area (Å²) in [6, 6.07) is 11.8. The number of nitrogens with one attached hydrogen (secondary N) is 1. The van der Waals surface area contributed by atoms with Crippen LogP contribution >= 0.6 is 0 Å². The van der Waals surface area contributed by atoms with Gasteiger partial charge in [-0.15, -0.1) is 0 Å². The van der Waals surface area contributed by atoms with Gasteiger partial charge in [-0.25, -0.2) is 9.98 Å². The van der Waals surface area contributed by atoms with Gasteiger partial charge in [0.05, 0.1) is 12.1 Å². The van der Waals surface area contributed by atoms with Crippen LogP contribution in [0.15, 0.2) is 47.6 Å². The Bertz CT molecular complexity index is 976. The average molecular weight is 362 g/mol. The van der Waals surface area contributed by atoms with Gasteiger partial charge >= 0.3 is 0 Å². The average Bonchev–Trinajstić information content (AvgIpc) is 2.66. The van der Waals surface area contributed by atoms with Crippen LogP contribution in [0, 0.1) is 11.3 Å². The van der Waals surface area contributed by atoms with Crippen LogP contribution < -0.4 is 11.1 Å². The second-order valence-corrected chi connectivity index (χ2v) is 6.42. The molecule has 8 nitrogen and oxygen atoms in total. The molecule has 1 aliphatic rings. The molecule has 0 radical (unpaired) electrons. The summed E-state index contributed by atoms with van der Waals surface area (Å²) in [7, 11) is 1.67. The van der Waals surface area contributed by atoms with Crippen LogP contribution in [-0.4, -0.2) is 41.1 Å². The number of aromatic nitrogens is 1. The highest BCUT2D eigenvalue weighted by Crippen LogP contribution is 2.31. The van der Waals surface area contributed by atoms with Crippen molar-refractivity contribution in [1.29, 1.82) is 5.26 Å². The third-order valence-corrected chi connectivity index (χ3v) is 4.34. The number of nitrogens with two attached hydrogens (primary N) is 1. The molecule has 8 heteroatoms. The predicted molar refractivity (Wildman–Crippen MR) is 100.0 cm³/mol. The lowest BCUT2D eigenvalue weighted by Crippen LogP contribution is -2.51.